The van der Waals surface area contributed by atoms with Crippen molar-refractivity contribution in [3.63, 3.8) is 0 Å². The minimum Gasteiger partial charge on any atom is -0.492 e. The topological polar surface area (TPSA) is 52.9 Å². The number of ether oxygens (including phenoxy) is 3. The van der Waals surface area contributed by atoms with Crippen molar-refractivity contribution in [2.75, 3.05) is 18.7 Å². The molecule has 0 saturated heterocycles. The standard InChI is InChI=1S/C21H17NO4S/c1-2-6-16-14(5-1)21(20(22-16)27-10-13-4-3-7-23-13)11-24-17-9-19-18(8-15(17)21)25-12-26-19/h1-9,20,22H,10-12H2. The molecule has 27 heavy (non-hydrogen) atoms. The molecule has 2 unspecified atom stereocenters. The van der Waals surface area contributed by atoms with E-state index in [2.05, 4.69) is 35.6 Å². The zero-order valence-corrected chi connectivity index (χ0v) is 15.3. The number of para-hydroxylation sites is 1. The first-order valence-corrected chi connectivity index (χ1v) is 9.96. The summed E-state index contributed by atoms with van der Waals surface area (Å²) in [6, 6.07) is 16.5. The molecule has 3 aromatic rings. The molecular formula is C21H17NO4S. The van der Waals surface area contributed by atoms with E-state index < -0.39 is 0 Å². The lowest BCUT2D eigenvalue weighted by Crippen LogP contribution is -2.39. The second-order valence-corrected chi connectivity index (χ2v) is 8.02. The van der Waals surface area contributed by atoms with E-state index >= 15 is 0 Å². The van der Waals surface area contributed by atoms with Gasteiger partial charge >= 0.3 is 0 Å². The van der Waals surface area contributed by atoms with Crippen molar-refractivity contribution in [1.82, 2.24) is 0 Å². The predicted octanol–water partition coefficient (Wildman–Crippen LogP) is 4.37. The Labute approximate surface area is 160 Å². The number of fused-ring (bicyclic) bond motifs is 5. The van der Waals surface area contributed by atoms with Gasteiger partial charge in [-0.1, -0.05) is 18.2 Å². The number of thioether (sulfide) groups is 1. The van der Waals surface area contributed by atoms with Crippen LogP contribution in [0, 0.1) is 0 Å². The summed E-state index contributed by atoms with van der Waals surface area (Å²) in [6.45, 7) is 0.849. The number of hydrogen-bond donors (Lipinski definition) is 1. The molecule has 2 atom stereocenters. The van der Waals surface area contributed by atoms with Crippen LogP contribution in [0.15, 0.2) is 59.2 Å². The summed E-state index contributed by atoms with van der Waals surface area (Å²) in [5.41, 5.74) is 3.30. The van der Waals surface area contributed by atoms with Gasteiger partial charge in [0.15, 0.2) is 11.5 Å². The highest BCUT2D eigenvalue weighted by molar-refractivity contribution is 7.99. The Morgan fingerprint density at radius 2 is 1.85 bits per heavy atom. The zero-order valence-electron chi connectivity index (χ0n) is 14.4. The van der Waals surface area contributed by atoms with Crippen molar-refractivity contribution in [2.45, 2.75) is 16.5 Å². The third-order valence-electron chi connectivity index (χ3n) is 5.52. The molecule has 2 aromatic carbocycles. The fraction of sp³-hybridized carbons (Fsp3) is 0.238. The van der Waals surface area contributed by atoms with Crippen LogP contribution >= 0.6 is 11.8 Å². The Morgan fingerprint density at radius 3 is 2.74 bits per heavy atom. The molecule has 0 aliphatic carbocycles. The number of benzene rings is 2. The molecule has 1 aromatic heterocycles. The molecule has 4 heterocycles. The molecule has 0 fully saturated rings. The first kappa shape index (κ1) is 15.3. The van der Waals surface area contributed by atoms with Crippen LogP contribution in [-0.4, -0.2) is 18.8 Å². The Bertz CT molecular complexity index is 1020. The van der Waals surface area contributed by atoms with Crippen LogP contribution in [0.1, 0.15) is 16.9 Å². The minimum absolute atomic E-state index is 0.127. The third kappa shape index (κ3) is 2.13. The maximum absolute atomic E-state index is 6.17. The molecule has 3 aliphatic rings. The molecule has 136 valence electrons. The van der Waals surface area contributed by atoms with Gasteiger partial charge in [0.2, 0.25) is 6.79 Å². The normalized spacial score (nSPS) is 23.8. The lowest BCUT2D eigenvalue weighted by molar-refractivity contribution is 0.173. The highest BCUT2D eigenvalue weighted by Gasteiger charge is 2.54. The summed E-state index contributed by atoms with van der Waals surface area (Å²) in [7, 11) is 0. The quantitative estimate of drug-likeness (QED) is 0.729. The third-order valence-corrected chi connectivity index (χ3v) is 6.83. The molecule has 5 nitrogen and oxygen atoms in total. The van der Waals surface area contributed by atoms with Gasteiger partial charge in [0, 0.05) is 17.3 Å². The Morgan fingerprint density at radius 1 is 0.963 bits per heavy atom. The molecule has 6 heteroatoms. The average Bonchev–Trinajstić information content (AvgIpc) is 3.47. The number of rotatable bonds is 3. The number of hydrogen-bond acceptors (Lipinski definition) is 6. The maximum atomic E-state index is 6.17. The van der Waals surface area contributed by atoms with Gasteiger partial charge in [-0.15, -0.1) is 11.8 Å². The second-order valence-electron chi connectivity index (χ2n) is 6.92. The van der Waals surface area contributed by atoms with Crippen LogP contribution in [0.2, 0.25) is 0 Å². The molecular weight excluding hydrogens is 362 g/mol. The summed E-state index contributed by atoms with van der Waals surface area (Å²) in [4.78, 5) is 0. The summed E-state index contributed by atoms with van der Waals surface area (Å²) in [5, 5.41) is 3.83. The van der Waals surface area contributed by atoms with Gasteiger partial charge < -0.3 is 23.9 Å². The number of furan rings is 1. The van der Waals surface area contributed by atoms with Gasteiger partial charge in [-0.2, -0.15) is 0 Å². The zero-order chi connectivity index (χ0) is 17.8. The van der Waals surface area contributed by atoms with Crippen molar-refractivity contribution in [1.29, 1.82) is 0 Å². The van der Waals surface area contributed by atoms with E-state index in [9.17, 15) is 0 Å². The van der Waals surface area contributed by atoms with Crippen LogP contribution in [0.3, 0.4) is 0 Å². The molecule has 3 aliphatic heterocycles. The lowest BCUT2D eigenvalue weighted by Gasteiger charge is -2.30. The van der Waals surface area contributed by atoms with Crippen LogP contribution in [0.5, 0.6) is 17.2 Å². The van der Waals surface area contributed by atoms with Gasteiger partial charge in [0.1, 0.15) is 18.1 Å². The summed E-state index contributed by atoms with van der Waals surface area (Å²) >= 11 is 1.83. The maximum Gasteiger partial charge on any atom is 0.231 e. The molecule has 0 saturated carbocycles. The molecule has 1 N–H and O–H groups in total. The van der Waals surface area contributed by atoms with Crippen LogP contribution in [-0.2, 0) is 11.2 Å². The van der Waals surface area contributed by atoms with Gasteiger partial charge in [-0.05, 0) is 29.8 Å². The van der Waals surface area contributed by atoms with Gasteiger partial charge in [-0.3, -0.25) is 0 Å². The van der Waals surface area contributed by atoms with Crippen LogP contribution < -0.4 is 19.5 Å². The summed E-state index contributed by atoms with van der Waals surface area (Å²) in [5.74, 6) is 4.18. The smallest absolute Gasteiger partial charge is 0.231 e. The first-order valence-electron chi connectivity index (χ1n) is 8.91. The Hall–Kier alpha value is -2.73. The van der Waals surface area contributed by atoms with Crippen molar-refractivity contribution in [3.8, 4) is 17.2 Å². The number of anilines is 1. The summed E-state index contributed by atoms with van der Waals surface area (Å²) < 4.78 is 22.9. The van der Waals surface area contributed by atoms with E-state index in [1.165, 1.54) is 5.56 Å². The van der Waals surface area contributed by atoms with E-state index in [1.807, 2.05) is 30.0 Å². The molecule has 0 amide bonds. The fourth-order valence-electron chi connectivity index (χ4n) is 4.25. The Balaban J connectivity index is 1.46. The highest BCUT2D eigenvalue weighted by atomic mass is 32.2. The molecule has 0 bridgehead atoms. The first-order chi connectivity index (χ1) is 13.3. The second kappa shape index (κ2) is 5.63. The number of nitrogens with one attached hydrogen (secondary N) is 1. The molecule has 0 radical (unpaired) electrons. The fourth-order valence-corrected chi connectivity index (χ4v) is 5.56. The van der Waals surface area contributed by atoms with Crippen LogP contribution in [0.25, 0.3) is 0 Å². The molecule has 6 rings (SSSR count). The van der Waals surface area contributed by atoms with Crippen LogP contribution in [0.4, 0.5) is 5.69 Å². The van der Waals surface area contributed by atoms with E-state index in [4.69, 9.17) is 18.6 Å². The van der Waals surface area contributed by atoms with Gasteiger partial charge in [0.25, 0.3) is 0 Å². The predicted molar refractivity (Wildman–Crippen MR) is 103 cm³/mol. The Kier molecular flexibility index (Phi) is 3.20. The van der Waals surface area contributed by atoms with E-state index in [-0.39, 0.29) is 17.6 Å². The summed E-state index contributed by atoms with van der Waals surface area (Å²) in [6.07, 6.45) is 1.72. The van der Waals surface area contributed by atoms with Crippen molar-refractivity contribution >= 4 is 17.4 Å². The SMILES string of the molecule is c1coc(CSC2Nc3ccccc3C23COc2cc4c(cc23)OCO4)c1. The van der Waals surface area contributed by atoms with Crippen molar-refractivity contribution < 1.29 is 18.6 Å². The highest BCUT2D eigenvalue weighted by Crippen LogP contribution is 2.57. The minimum atomic E-state index is -0.274. The van der Waals surface area contributed by atoms with Crippen molar-refractivity contribution in [3.05, 3.63) is 71.7 Å². The molecule has 1 spiro atoms. The van der Waals surface area contributed by atoms with E-state index in [1.54, 1.807) is 6.26 Å². The van der Waals surface area contributed by atoms with Crippen molar-refractivity contribution in [2.24, 2.45) is 0 Å². The van der Waals surface area contributed by atoms with E-state index in [0.717, 1.165) is 40.0 Å². The van der Waals surface area contributed by atoms with E-state index in [0.29, 0.717) is 6.61 Å². The lowest BCUT2D eigenvalue weighted by atomic mass is 9.77. The monoisotopic (exact) mass is 379 g/mol. The van der Waals surface area contributed by atoms with Gasteiger partial charge in [-0.25, -0.2) is 0 Å². The average molecular weight is 379 g/mol. The largest absolute Gasteiger partial charge is 0.492 e. The van der Waals surface area contributed by atoms with Gasteiger partial charge in [0.05, 0.1) is 22.8 Å².